The molecule has 0 bridgehead atoms. The van der Waals surface area contributed by atoms with Gasteiger partial charge in [-0.2, -0.15) is 0 Å². The summed E-state index contributed by atoms with van der Waals surface area (Å²) in [5.74, 6) is 0.291. The van der Waals surface area contributed by atoms with E-state index in [9.17, 15) is 9.59 Å². The highest BCUT2D eigenvalue weighted by Crippen LogP contribution is 2.24. The third-order valence-corrected chi connectivity index (χ3v) is 4.77. The van der Waals surface area contributed by atoms with Crippen LogP contribution in [0.2, 0.25) is 0 Å². The predicted octanol–water partition coefficient (Wildman–Crippen LogP) is 4.09. The number of nitrogens with one attached hydrogen (secondary N) is 2. The Hall–Kier alpha value is -2.95. The molecule has 3 rings (SSSR count). The van der Waals surface area contributed by atoms with Gasteiger partial charge in [0, 0.05) is 24.6 Å². The van der Waals surface area contributed by atoms with E-state index < -0.39 is 0 Å². The fourth-order valence-electron chi connectivity index (χ4n) is 3.20. The number of rotatable bonds is 6. The van der Waals surface area contributed by atoms with E-state index in [2.05, 4.69) is 15.6 Å². The van der Waals surface area contributed by atoms with Gasteiger partial charge < -0.3 is 10.6 Å². The van der Waals surface area contributed by atoms with Crippen molar-refractivity contribution in [1.82, 2.24) is 10.3 Å². The number of benzene rings is 1. The third kappa shape index (κ3) is 6.06. The van der Waals surface area contributed by atoms with E-state index in [1.54, 1.807) is 24.4 Å². The summed E-state index contributed by atoms with van der Waals surface area (Å²) in [5, 5.41) is 5.73. The van der Waals surface area contributed by atoms with Crippen LogP contribution in [-0.4, -0.2) is 16.8 Å². The number of hydrogen-bond donors (Lipinski definition) is 2. The molecule has 1 aliphatic rings. The largest absolute Gasteiger partial charge is 0.348 e. The van der Waals surface area contributed by atoms with E-state index in [1.807, 2.05) is 30.3 Å². The molecule has 1 aromatic carbocycles. The highest BCUT2D eigenvalue weighted by molar-refractivity contribution is 6.04. The first-order chi connectivity index (χ1) is 13.2. The maximum Gasteiger partial charge on any atom is 0.257 e. The minimum Gasteiger partial charge on any atom is -0.348 e. The second-order valence-electron chi connectivity index (χ2n) is 6.87. The Bertz CT molecular complexity index is 779. The molecule has 2 N–H and O–H groups in total. The first-order valence-electron chi connectivity index (χ1n) is 9.47. The van der Waals surface area contributed by atoms with Gasteiger partial charge in [0.25, 0.3) is 5.91 Å². The van der Waals surface area contributed by atoms with Crippen LogP contribution in [-0.2, 0) is 11.3 Å². The van der Waals surface area contributed by atoms with Crippen molar-refractivity contribution in [2.75, 3.05) is 5.32 Å². The highest BCUT2D eigenvalue weighted by atomic mass is 16.2. The quantitative estimate of drug-likeness (QED) is 0.760. The minimum atomic E-state index is -0.197. The molecule has 140 valence electrons. The summed E-state index contributed by atoms with van der Waals surface area (Å²) < 4.78 is 0. The van der Waals surface area contributed by atoms with Gasteiger partial charge in [-0.25, -0.2) is 0 Å². The summed E-state index contributed by atoms with van der Waals surface area (Å²) in [5.41, 5.74) is 2.20. The molecule has 2 amide bonds. The molecule has 5 heteroatoms. The van der Waals surface area contributed by atoms with Crippen molar-refractivity contribution in [3.05, 3.63) is 72.1 Å². The zero-order chi connectivity index (χ0) is 18.9. The molecule has 1 heterocycles. The first kappa shape index (κ1) is 18.8. The Morgan fingerprint density at radius 2 is 1.85 bits per heavy atom. The number of carbonyl (C=O) groups excluding carboxylic acids is 2. The van der Waals surface area contributed by atoms with Crippen LogP contribution in [0.1, 0.15) is 48.0 Å². The van der Waals surface area contributed by atoms with Crippen molar-refractivity contribution in [3.8, 4) is 0 Å². The van der Waals surface area contributed by atoms with Crippen molar-refractivity contribution in [2.24, 2.45) is 5.92 Å². The normalized spacial score (nSPS) is 14.8. The van der Waals surface area contributed by atoms with Crippen LogP contribution < -0.4 is 10.6 Å². The van der Waals surface area contributed by atoms with Crippen LogP contribution in [0.3, 0.4) is 0 Å². The Labute approximate surface area is 159 Å². The van der Waals surface area contributed by atoms with Crippen molar-refractivity contribution in [1.29, 1.82) is 0 Å². The van der Waals surface area contributed by atoms with E-state index >= 15 is 0 Å². The number of nitrogens with zero attached hydrogens (tertiary/aromatic N) is 1. The zero-order valence-corrected chi connectivity index (χ0v) is 15.4. The summed E-state index contributed by atoms with van der Waals surface area (Å²) in [6.07, 6.45) is 13.1. The second kappa shape index (κ2) is 9.67. The van der Waals surface area contributed by atoms with E-state index in [0.29, 0.717) is 23.7 Å². The van der Waals surface area contributed by atoms with E-state index in [1.165, 1.54) is 38.3 Å². The van der Waals surface area contributed by atoms with Crippen LogP contribution in [0, 0.1) is 5.92 Å². The van der Waals surface area contributed by atoms with Crippen molar-refractivity contribution in [2.45, 2.75) is 38.6 Å². The summed E-state index contributed by atoms with van der Waals surface area (Å²) in [4.78, 5) is 28.0. The molecule has 0 saturated heterocycles. The van der Waals surface area contributed by atoms with Gasteiger partial charge >= 0.3 is 0 Å². The predicted molar refractivity (Wildman–Crippen MR) is 106 cm³/mol. The van der Waals surface area contributed by atoms with E-state index in [4.69, 9.17) is 0 Å². The van der Waals surface area contributed by atoms with Crippen molar-refractivity contribution < 1.29 is 9.59 Å². The minimum absolute atomic E-state index is 0.0606. The molecular weight excluding hydrogens is 338 g/mol. The lowest BCUT2D eigenvalue weighted by Gasteiger charge is -2.17. The number of anilines is 1. The number of allylic oxidation sites excluding steroid dienone is 1. The second-order valence-corrected chi connectivity index (χ2v) is 6.87. The first-order valence-corrected chi connectivity index (χ1v) is 9.47. The number of aromatic nitrogens is 1. The van der Waals surface area contributed by atoms with E-state index in [-0.39, 0.29) is 11.8 Å². The van der Waals surface area contributed by atoms with Gasteiger partial charge in [0.2, 0.25) is 5.91 Å². The molecule has 0 radical (unpaired) electrons. The fourth-order valence-corrected chi connectivity index (χ4v) is 3.20. The van der Waals surface area contributed by atoms with Crippen LogP contribution in [0.4, 0.5) is 5.69 Å². The Kier molecular flexibility index (Phi) is 6.74. The van der Waals surface area contributed by atoms with E-state index in [0.717, 1.165) is 5.56 Å². The lowest BCUT2D eigenvalue weighted by atomic mass is 9.89. The Morgan fingerprint density at radius 1 is 1.07 bits per heavy atom. The summed E-state index contributed by atoms with van der Waals surface area (Å²) in [7, 11) is 0. The Morgan fingerprint density at radius 3 is 2.56 bits per heavy atom. The standard InChI is InChI=1S/C22H25N3O2/c26-21(13-10-17-5-2-1-3-6-17)24-15-18-8-11-20(12-9-18)25-22(27)19-7-4-14-23-16-19/h4,7-14,16-17H,1-3,5-6,15H2,(H,24,26)(H,25,27)/b13-10+. The van der Waals surface area contributed by atoms with Crippen LogP contribution in [0.15, 0.2) is 60.9 Å². The number of amides is 2. The molecule has 1 aliphatic carbocycles. The average molecular weight is 363 g/mol. The number of hydrogen-bond acceptors (Lipinski definition) is 3. The summed E-state index contributed by atoms with van der Waals surface area (Å²) >= 11 is 0. The molecule has 27 heavy (non-hydrogen) atoms. The van der Waals surface area contributed by atoms with Crippen LogP contribution in [0.25, 0.3) is 0 Å². The lowest BCUT2D eigenvalue weighted by molar-refractivity contribution is -0.116. The van der Waals surface area contributed by atoms with Crippen LogP contribution >= 0.6 is 0 Å². The van der Waals surface area contributed by atoms with Gasteiger partial charge in [-0.3, -0.25) is 14.6 Å². The van der Waals surface area contributed by atoms with Gasteiger partial charge in [0.1, 0.15) is 0 Å². The zero-order valence-electron chi connectivity index (χ0n) is 15.4. The van der Waals surface area contributed by atoms with Gasteiger partial charge in [-0.05, 0) is 54.7 Å². The van der Waals surface area contributed by atoms with Gasteiger partial charge in [-0.1, -0.05) is 37.5 Å². The van der Waals surface area contributed by atoms with Gasteiger partial charge in [-0.15, -0.1) is 0 Å². The van der Waals surface area contributed by atoms with Crippen molar-refractivity contribution >= 4 is 17.5 Å². The third-order valence-electron chi connectivity index (χ3n) is 4.77. The lowest BCUT2D eigenvalue weighted by Crippen LogP contribution is -2.20. The molecular formula is C22H25N3O2. The van der Waals surface area contributed by atoms with Gasteiger partial charge in [0.15, 0.2) is 0 Å². The number of carbonyl (C=O) groups is 2. The maximum atomic E-state index is 12.1. The molecule has 1 saturated carbocycles. The monoisotopic (exact) mass is 363 g/mol. The summed E-state index contributed by atoms with van der Waals surface area (Å²) in [6.45, 7) is 0.463. The topological polar surface area (TPSA) is 71.1 Å². The SMILES string of the molecule is O=C(/C=C/C1CCCCC1)NCc1ccc(NC(=O)c2cccnc2)cc1. The molecule has 1 fully saturated rings. The average Bonchev–Trinajstić information content (AvgIpc) is 2.73. The maximum absolute atomic E-state index is 12.1. The Balaban J connectivity index is 1.45. The molecule has 1 aromatic heterocycles. The molecule has 2 aromatic rings. The van der Waals surface area contributed by atoms with Crippen LogP contribution in [0.5, 0.6) is 0 Å². The highest BCUT2D eigenvalue weighted by Gasteiger charge is 2.10. The van der Waals surface area contributed by atoms with Crippen molar-refractivity contribution in [3.63, 3.8) is 0 Å². The van der Waals surface area contributed by atoms with Gasteiger partial charge in [0.05, 0.1) is 5.56 Å². The summed E-state index contributed by atoms with van der Waals surface area (Å²) in [6, 6.07) is 10.9. The fraction of sp³-hybridized carbons (Fsp3) is 0.318. The molecule has 5 nitrogen and oxygen atoms in total. The molecule has 0 unspecified atom stereocenters. The molecule has 0 atom stereocenters. The number of pyridine rings is 1. The molecule has 0 spiro atoms. The molecule has 0 aliphatic heterocycles. The smallest absolute Gasteiger partial charge is 0.257 e.